The number of benzene rings is 2. The van der Waals surface area contributed by atoms with E-state index in [0.29, 0.717) is 23.1 Å². The number of hydrogen-bond donors (Lipinski definition) is 1. The predicted molar refractivity (Wildman–Crippen MR) is 123 cm³/mol. The van der Waals surface area contributed by atoms with Crippen LogP contribution in [-0.2, 0) is 0 Å². The van der Waals surface area contributed by atoms with Gasteiger partial charge in [-0.1, -0.05) is 12.1 Å². The summed E-state index contributed by atoms with van der Waals surface area (Å²) in [7, 11) is 1.82. The second-order valence-electron chi connectivity index (χ2n) is 7.91. The zero-order chi connectivity index (χ0) is 22.9. The minimum absolute atomic E-state index is 0.235. The molecule has 0 saturated carbocycles. The molecule has 2 aromatic heterocycles. The number of hydrogen-bond acceptors (Lipinski definition) is 6. The molecule has 0 spiro atoms. The van der Waals surface area contributed by atoms with Crippen LogP contribution in [0.5, 0.6) is 5.75 Å². The molecule has 8 heteroatoms. The van der Waals surface area contributed by atoms with Crippen LogP contribution in [0.4, 0.5) is 26.2 Å². The zero-order valence-electron chi connectivity index (χ0n) is 18.1. The highest BCUT2D eigenvalue weighted by Gasteiger charge is 2.29. The van der Waals surface area contributed by atoms with E-state index >= 15 is 0 Å². The van der Waals surface area contributed by atoms with Gasteiger partial charge in [-0.2, -0.15) is 4.98 Å². The van der Waals surface area contributed by atoms with Crippen LogP contribution in [0.2, 0.25) is 0 Å². The van der Waals surface area contributed by atoms with Crippen LogP contribution in [0.15, 0.2) is 67.0 Å². The third-order valence-corrected chi connectivity index (χ3v) is 5.58. The standard InChI is InChI=1S/C25H21F2N5O/c1-15-9-17(7-8-28-15)16-3-5-21(6-4-16)30-25-29-13-23-24(31-25)32(2)22(14-33-23)18-10-19(26)12-20(27)11-18/h3-13,22H,14H2,1-2H3,(H,29,30,31). The Morgan fingerprint density at radius 3 is 2.45 bits per heavy atom. The van der Waals surface area contributed by atoms with Crippen molar-refractivity contribution in [2.24, 2.45) is 0 Å². The molecule has 1 aliphatic rings. The summed E-state index contributed by atoms with van der Waals surface area (Å²) < 4.78 is 33.2. The van der Waals surface area contributed by atoms with Gasteiger partial charge >= 0.3 is 0 Å². The number of nitrogens with one attached hydrogen (secondary N) is 1. The average Bonchev–Trinajstić information content (AvgIpc) is 2.79. The fourth-order valence-electron chi connectivity index (χ4n) is 3.89. The monoisotopic (exact) mass is 445 g/mol. The molecule has 0 aliphatic carbocycles. The van der Waals surface area contributed by atoms with Crippen molar-refractivity contribution in [3.8, 4) is 16.9 Å². The maximum atomic E-state index is 13.7. The van der Waals surface area contributed by atoms with Crippen molar-refractivity contribution in [1.29, 1.82) is 0 Å². The highest BCUT2D eigenvalue weighted by Crippen LogP contribution is 2.37. The lowest BCUT2D eigenvalue weighted by Crippen LogP contribution is -2.34. The Hall–Kier alpha value is -4.07. The third-order valence-electron chi connectivity index (χ3n) is 5.58. The molecule has 0 fully saturated rings. The average molecular weight is 445 g/mol. The van der Waals surface area contributed by atoms with Crippen LogP contribution >= 0.6 is 0 Å². The highest BCUT2D eigenvalue weighted by molar-refractivity contribution is 5.68. The van der Waals surface area contributed by atoms with Gasteiger partial charge in [0, 0.05) is 30.7 Å². The molecule has 33 heavy (non-hydrogen) atoms. The van der Waals surface area contributed by atoms with E-state index in [4.69, 9.17) is 4.74 Å². The van der Waals surface area contributed by atoms with Gasteiger partial charge in [0.05, 0.1) is 12.2 Å². The normalized spacial score (nSPS) is 15.0. The molecule has 2 aromatic carbocycles. The molecular formula is C25H21F2N5O. The molecule has 1 atom stereocenters. The minimum Gasteiger partial charge on any atom is -0.486 e. The predicted octanol–water partition coefficient (Wildman–Crippen LogP) is 5.44. The molecule has 1 aliphatic heterocycles. The molecule has 3 heterocycles. The molecule has 0 radical (unpaired) electrons. The second kappa shape index (κ2) is 8.46. The summed E-state index contributed by atoms with van der Waals surface area (Å²) in [4.78, 5) is 15.0. The van der Waals surface area contributed by atoms with Gasteiger partial charge in [-0.3, -0.25) is 4.98 Å². The first-order valence-corrected chi connectivity index (χ1v) is 10.4. The van der Waals surface area contributed by atoms with Gasteiger partial charge in [-0.15, -0.1) is 0 Å². The number of rotatable bonds is 4. The van der Waals surface area contributed by atoms with Crippen LogP contribution < -0.4 is 15.0 Å². The van der Waals surface area contributed by atoms with E-state index in [-0.39, 0.29) is 12.6 Å². The van der Waals surface area contributed by atoms with Crippen molar-refractivity contribution in [1.82, 2.24) is 15.0 Å². The summed E-state index contributed by atoms with van der Waals surface area (Å²) in [5.74, 6) is 0.193. The van der Waals surface area contributed by atoms with Crippen LogP contribution in [0.25, 0.3) is 11.1 Å². The van der Waals surface area contributed by atoms with E-state index < -0.39 is 11.6 Å². The summed E-state index contributed by atoms with van der Waals surface area (Å²) in [5, 5.41) is 3.20. The molecule has 4 aromatic rings. The quantitative estimate of drug-likeness (QED) is 0.451. The maximum absolute atomic E-state index is 13.7. The van der Waals surface area contributed by atoms with Crippen molar-refractivity contribution in [3.05, 3.63) is 89.9 Å². The smallest absolute Gasteiger partial charge is 0.229 e. The summed E-state index contributed by atoms with van der Waals surface area (Å²) in [5.41, 5.74) is 4.44. The van der Waals surface area contributed by atoms with Gasteiger partial charge in [0.15, 0.2) is 11.6 Å². The largest absolute Gasteiger partial charge is 0.486 e. The number of aryl methyl sites for hydroxylation is 1. The van der Waals surface area contributed by atoms with Crippen molar-refractivity contribution < 1.29 is 13.5 Å². The lowest BCUT2D eigenvalue weighted by molar-refractivity contribution is 0.264. The van der Waals surface area contributed by atoms with Crippen molar-refractivity contribution in [3.63, 3.8) is 0 Å². The Bertz CT molecular complexity index is 1290. The number of fused-ring (bicyclic) bond motifs is 1. The summed E-state index contributed by atoms with van der Waals surface area (Å²) in [6, 6.07) is 15.0. The van der Waals surface area contributed by atoms with E-state index in [1.807, 2.05) is 55.3 Å². The zero-order valence-corrected chi connectivity index (χ0v) is 18.1. The van der Waals surface area contributed by atoms with Crippen LogP contribution in [0.1, 0.15) is 17.3 Å². The van der Waals surface area contributed by atoms with Gasteiger partial charge in [0.25, 0.3) is 0 Å². The molecule has 6 nitrogen and oxygen atoms in total. The highest BCUT2D eigenvalue weighted by atomic mass is 19.1. The first kappa shape index (κ1) is 20.8. The molecule has 0 saturated heterocycles. The van der Waals surface area contributed by atoms with Crippen molar-refractivity contribution >= 4 is 17.5 Å². The molecular weight excluding hydrogens is 424 g/mol. The number of pyridine rings is 1. The number of likely N-dealkylation sites (N-methyl/N-ethyl adjacent to an activating group) is 1. The number of anilines is 3. The van der Waals surface area contributed by atoms with E-state index in [1.54, 1.807) is 12.4 Å². The van der Waals surface area contributed by atoms with Crippen LogP contribution in [0, 0.1) is 18.6 Å². The Balaban J connectivity index is 1.37. The molecule has 1 unspecified atom stereocenters. The fraction of sp³-hybridized carbons (Fsp3) is 0.160. The SMILES string of the molecule is Cc1cc(-c2ccc(Nc3ncc4c(n3)N(C)C(c3cc(F)cc(F)c3)CO4)cc2)ccn1. The first-order chi connectivity index (χ1) is 16.0. The Labute approximate surface area is 189 Å². The van der Waals surface area contributed by atoms with E-state index in [2.05, 4.69) is 20.3 Å². The molecule has 166 valence electrons. The third kappa shape index (κ3) is 4.32. The summed E-state index contributed by atoms with van der Waals surface area (Å²) >= 11 is 0. The number of nitrogens with zero attached hydrogens (tertiary/aromatic N) is 4. The van der Waals surface area contributed by atoms with Gasteiger partial charge in [-0.05, 0) is 60.0 Å². The summed E-state index contributed by atoms with van der Waals surface area (Å²) in [6.07, 6.45) is 3.39. The number of halogens is 2. The molecule has 0 bridgehead atoms. The van der Waals surface area contributed by atoms with E-state index in [0.717, 1.165) is 28.6 Å². The Morgan fingerprint density at radius 1 is 0.970 bits per heavy atom. The maximum Gasteiger partial charge on any atom is 0.229 e. The molecule has 1 N–H and O–H groups in total. The van der Waals surface area contributed by atoms with E-state index in [1.165, 1.54) is 12.1 Å². The van der Waals surface area contributed by atoms with E-state index in [9.17, 15) is 8.78 Å². The van der Waals surface area contributed by atoms with Gasteiger partial charge in [-0.25, -0.2) is 13.8 Å². The second-order valence-corrected chi connectivity index (χ2v) is 7.91. The van der Waals surface area contributed by atoms with Crippen molar-refractivity contribution in [2.75, 3.05) is 23.9 Å². The first-order valence-electron chi connectivity index (χ1n) is 10.4. The van der Waals surface area contributed by atoms with Gasteiger partial charge < -0.3 is 15.0 Å². The lowest BCUT2D eigenvalue weighted by atomic mass is 10.0. The van der Waals surface area contributed by atoms with Gasteiger partial charge in [0.1, 0.15) is 18.2 Å². The lowest BCUT2D eigenvalue weighted by Gasteiger charge is -2.35. The van der Waals surface area contributed by atoms with Crippen LogP contribution in [0.3, 0.4) is 0 Å². The van der Waals surface area contributed by atoms with Crippen molar-refractivity contribution in [2.45, 2.75) is 13.0 Å². The topological polar surface area (TPSA) is 63.2 Å². The molecule has 5 rings (SSSR count). The fourth-order valence-corrected chi connectivity index (χ4v) is 3.89. The van der Waals surface area contributed by atoms with Crippen LogP contribution in [-0.4, -0.2) is 28.6 Å². The Morgan fingerprint density at radius 2 is 1.73 bits per heavy atom. The molecule has 0 amide bonds. The number of ether oxygens (including phenoxy) is 1. The Kier molecular flexibility index (Phi) is 5.34. The number of aromatic nitrogens is 3. The minimum atomic E-state index is -0.625. The summed E-state index contributed by atoms with van der Waals surface area (Å²) in [6.45, 7) is 2.20. The van der Waals surface area contributed by atoms with Gasteiger partial charge in [0.2, 0.25) is 5.95 Å².